The Kier molecular flexibility index (Phi) is 3.72. The van der Waals surface area contributed by atoms with Gasteiger partial charge in [0.1, 0.15) is 0 Å². The molecular weight excluding hydrogens is 164 g/mol. The predicted molar refractivity (Wildman–Crippen MR) is 53.5 cm³/mol. The predicted octanol–water partition coefficient (Wildman–Crippen LogP) is 0.902. The molecule has 0 unspecified atom stereocenters. The second kappa shape index (κ2) is 4.61. The summed E-state index contributed by atoms with van der Waals surface area (Å²) in [5.74, 6) is 0.0892. The fourth-order valence-corrected chi connectivity index (χ4v) is 1.92. The van der Waals surface area contributed by atoms with Crippen molar-refractivity contribution in [3.63, 3.8) is 0 Å². The molecular formula is C10H20N2O. The van der Waals surface area contributed by atoms with Crippen LogP contribution in [0.2, 0.25) is 0 Å². The number of hydrogen-bond acceptors (Lipinski definition) is 2. The van der Waals surface area contributed by atoms with Crippen molar-refractivity contribution in [3.8, 4) is 0 Å². The zero-order chi connectivity index (χ0) is 9.73. The van der Waals surface area contributed by atoms with E-state index < -0.39 is 0 Å². The standard InChI is InChI=1S/C10H20N2O/c1-3-10(8-12-9(2)13)4-6-11-7-5-10/h11H,3-8H2,1-2H3,(H,12,13). The van der Waals surface area contributed by atoms with E-state index in [0.29, 0.717) is 5.41 Å². The van der Waals surface area contributed by atoms with E-state index in [0.717, 1.165) is 26.1 Å². The van der Waals surface area contributed by atoms with Crippen LogP contribution < -0.4 is 10.6 Å². The summed E-state index contributed by atoms with van der Waals surface area (Å²) < 4.78 is 0. The fourth-order valence-electron chi connectivity index (χ4n) is 1.92. The maximum absolute atomic E-state index is 10.8. The topological polar surface area (TPSA) is 41.1 Å². The summed E-state index contributed by atoms with van der Waals surface area (Å²) in [6.07, 6.45) is 3.53. The number of carbonyl (C=O) groups excluding carboxylic acids is 1. The van der Waals surface area contributed by atoms with Crippen molar-refractivity contribution in [2.75, 3.05) is 19.6 Å². The molecule has 0 atom stereocenters. The number of amides is 1. The molecule has 0 aromatic carbocycles. The number of carbonyl (C=O) groups is 1. The van der Waals surface area contributed by atoms with E-state index >= 15 is 0 Å². The van der Waals surface area contributed by atoms with Crippen LogP contribution in [-0.2, 0) is 4.79 Å². The van der Waals surface area contributed by atoms with Crippen LogP contribution >= 0.6 is 0 Å². The Hall–Kier alpha value is -0.570. The summed E-state index contributed by atoms with van der Waals surface area (Å²) in [7, 11) is 0. The van der Waals surface area contributed by atoms with Gasteiger partial charge in [-0.25, -0.2) is 0 Å². The summed E-state index contributed by atoms with van der Waals surface area (Å²) in [5, 5.41) is 6.29. The van der Waals surface area contributed by atoms with Crippen molar-refractivity contribution in [2.24, 2.45) is 5.41 Å². The Morgan fingerprint density at radius 3 is 2.54 bits per heavy atom. The third kappa shape index (κ3) is 2.99. The highest BCUT2D eigenvalue weighted by Gasteiger charge is 2.29. The summed E-state index contributed by atoms with van der Waals surface area (Å²) in [6, 6.07) is 0. The molecule has 3 heteroatoms. The molecule has 13 heavy (non-hydrogen) atoms. The van der Waals surface area contributed by atoms with Gasteiger partial charge in [0.05, 0.1) is 0 Å². The van der Waals surface area contributed by atoms with Gasteiger partial charge in [-0.15, -0.1) is 0 Å². The number of nitrogens with one attached hydrogen (secondary N) is 2. The first-order chi connectivity index (χ1) is 6.18. The van der Waals surface area contributed by atoms with E-state index in [2.05, 4.69) is 17.6 Å². The Labute approximate surface area is 80.3 Å². The first kappa shape index (κ1) is 10.5. The van der Waals surface area contributed by atoms with Gasteiger partial charge in [0.25, 0.3) is 0 Å². The van der Waals surface area contributed by atoms with Gasteiger partial charge < -0.3 is 10.6 Å². The van der Waals surface area contributed by atoms with Crippen LogP contribution in [0.3, 0.4) is 0 Å². The molecule has 76 valence electrons. The normalized spacial score (nSPS) is 21.1. The number of piperidine rings is 1. The SMILES string of the molecule is CCC1(CNC(C)=O)CCNCC1. The largest absolute Gasteiger partial charge is 0.356 e. The molecule has 0 spiro atoms. The molecule has 0 bridgehead atoms. The maximum atomic E-state index is 10.8. The Morgan fingerprint density at radius 2 is 2.08 bits per heavy atom. The third-order valence-electron chi connectivity index (χ3n) is 3.13. The molecule has 3 nitrogen and oxygen atoms in total. The van der Waals surface area contributed by atoms with Crippen LogP contribution in [-0.4, -0.2) is 25.5 Å². The molecule has 1 amide bonds. The van der Waals surface area contributed by atoms with Gasteiger partial charge in [-0.1, -0.05) is 6.92 Å². The quantitative estimate of drug-likeness (QED) is 0.684. The Bertz CT molecular complexity index is 174. The van der Waals surface area contributed by atoms with Crippen LogP contribution in [0.5, 0.6) is 0 Å². The molecule has 1 heterocycles. The zero-order valence-corrected chi connectivity index (χ0v) is 8.65. The lowest BCUT2D eigenvalue weighted by Crippen LogP contribution is -2.43. The lowest BCUT2D eigenvalue weighted by atomic mass is 9.76. The van der Waals surface area contributed by atoms with E-state index in [1.54, 1.807) is 6.92 Å². The molecule has 1 saturated heterocycles. The average Bonchev–Trinajstić information content (AvgIpc) is 2.16. The van der Waals surface area contributed by atoms with Crippen molar-refractivity contribution in [1.29, 1.82) is 0 Å². The molecule has 1 fully saturated rings. The summed E-state index contributed by atoms with van der Waals surface area (Å²) in [4.78, 5) is 10.8. The van der Waals surface area contributed by atoms with Gasteiger partial charge in [-0.2, -0.15) is 0 Å². The lowest BCUT2D eigenvalue weighted by molar-refractivity contribution is -0.119. The zero-order valence-electron chi connectivity index (χ0n) is 8.65. The van der Waals surface area contributed by atoms with Gasteiger partial charge >= 0.3 is 0 Å². The first-order valence-electron chi connectivity index (χ1n) is 5.14. The molecule has 0 aromatic rings. The number of rotatable bonds is 3. The van der Waals surface area contributed by atoms with Crippen molar-refractivity contribution in [2.45, 2.75) is 33.1 Å². The van der Waals surface area contributed by atoms with Gasteiger partial charge in [0.2, 0.25) is 5.91 Å². The lowest BCUT2D eigenvalue weighted by Gasteiger charge is -2.36. The van der Waals surface area contributed by atoms with Gasteiger partial charge in [-0.05, 0) is 37.8 Å². The van der Waals surface area contributed by atoms with Crippen LogP contribution in [0.15, 0.2) is 0 Å². The first-order valence-corrected chi connectivity index (χ1v) is 5.14. The summed E-state index contributed by atoms with van der Waals surface area (Å²) >= 11 is 0. The van der Waals surface area contributed by atoms with E-state index in [-0.39, 0.29) is 5.91 Å². The molecule has 0 saturated carbocycles. The van der Waals surface area contributed by atoms with Gasteiger partial charge in [0.15, 0.2) is 0 Å². The van der Waals surface area contributed by atoms with E-state index in [1.165, 1.54) is 12.8 Å². The minimum atomic E-state index is 0.0892. The van der Waals surface area contributed by atoms with Crippen LogP contribution in [0.1, 0.15) is 33.1 Å². The number of hydrogen-bond donors (Lipinski definition) is 2. The second-order valence-corrected chi connectivity index (χ2v) is 4.01. The van der Waals surface area contributed by atoms with Crippen molar-refractivity contribution < 1.29 is 4.79 Å². The summed E-state index contributed by atoms with van der Waals surface area (Å²) in [6.45, 7) is 6.83. The van der Waals surface area contributed by atoms with E-state index in [4.69, 9.17) is 0 Å². The summed E-state index contributed by atoms with van der Waals surface area (Å²) in [5.41, 5.74) is 0.358. The second-order valence-electron chi connectivity index (χ2n) is 4.01. The Balaban J connectivity index is 2.42. The maximum Gasteiger partial charge on any atom is 0.216 e. The molecule has 0 radical (unpaired) electrons. The monoisotopic (exact) mass is 184 g/mol. The minimum Gasteiger partial charge on any atom is -0.356 e. The molecule has 1 rings (SSSR count). The molecule has 2 N–H and O–H groups in total. The minimum absolute atomic E-state index is 0.0892. The molecule has 1 aliphatic heterocycles. The third-order valence-corrected chi connectivity index (χ3v) is 3.13. The van der Waals surface area contributed by atoms with Gasteiger partial charge in [0, 0.05) is 13.5 Å². The fraction of sp³-hybridized carbons (Fsp3) is 0.900. The molecule has 0 aromatic heterocycles. The van der Waals surface area contributed by atoms with Crippen molar-refractivity contribution >= 4 is 5.91 Å². The van der Waals surface area contributed by atoms with Crippen LogP contribution in [0.4, 0.5) is 0 Å². The molecule has 1 aliphatic rings. The average molecular weight is 184 g/mol. The van der Waals surface area contributed by atoms with Crippen molar-refractivity contribution in [3.05, 3.63) is 0 Å². The van der Waals surface area contributed by atoms with Crippen molar-refractivity contribution in [1.82, 2.24) is 10.6 Å². The van der Waals surface area contributed by atoms with Crippen LogP contribution in [0, 0.1) is 5.41 Å². The highest BCUT2D eigenvalue weighted by atomic mass is 16.1. The van der Waals surface area contributed by atoms with Crippen LogP contribution in [0.25, 0.3) is 0 Å². The highest BCUT2D eigenvalue weighted by Crippen LogP contribution is 2.31. The van der Waals surface area contributed by atoms with E-state index in [9.17, 15) is 4.79 Å². The highest BCUT2D eigenvalue weighted by molar-refractivity contribution is 5.72. The van der Waals surface area contributed by atoms with Gasteiger partial charge in [-0.3, -0.25) is 4.79 Å². The molecule has 0 aliphatic carbocycles. The smallest absolute Gasteiger partial charge is 0.216 e. The Morgan fingerprint density at radius 1 is 1.46 bits per heavy atom. The van der Waals surface area contributed by atoms with E-state index in [1.807, 2.05) is 0 Å².